The predicted molar refractivity (Wildman–Crippen MR) is 132 cm³/mol. The van der Waals surface area contributed by atoms with E-state index in [0.717, 1.165) is 37.0 Å². The van der Waals surface area contributed by atoms with E-state index in [2.05, 4.69) is 50.4 Å². The molecule has 0 unspecified atom stereocenters. The number of hydrogen-bond donors (Lipinski definition) is 1. The van der Waals surface area contributed by atoms with Gasteiger partial charge in [-0.1, -0.05) is 18.2 Å². The average molecular weight is 512 g/mol. The summed E-state index contributed by atoms with van der Waals surface area (Å²) < 4.78 is 10.7. The summed E-state index contributed by atoms with van der Waals surface area (Å²) >= 11 is 0. The second-order valence-corrected chi connectivity index (χ2v) is 6.83. The Bertz CT molecular complexity index is 796. The highest BCUT2D eigenvalue weighted by atomic mass is 127. The second kappa shape index (κ2) is 12.4. The smallest absolute Gasteiger partial charge is 0.193 e. The molecule has 160 valence electrons. The molecular formula is C22H33IN4O2. The third-order valence-corrected chi connectivity index (χ3v) is 4.63. The van der Waals surface area contributed by atoms with E-state index in [1.165, 1.54) is 16.8 Å². The standard InChI is InChI=1S/C22H32N4O2.HI/c1-23-22(24-16-18-8-7-9-19(14-18)25(2)3)26(4)13-12-17-10-11-20(27-5)21(15-17)28-6;/h7-11,14-15H,12-13,16H2,1-6H3,(H,23,24);1H. The fourth-order valence-electron chi connectivity index (χ4n) is 2.95. The molecule has 0 aliphatic heterocycles. The Morgan fingerprint density at radius 2 is 1.69 bits per heavy atom. The number of nitrogens with one attached hydrogen (secondary N) is 1. The van der Waals surface area contributed by atoms with E-state index in [0.29, 0.717) is 0 Å². The van der Waals surface area contributed by atoms with E-state index < -0.39 is 0 Å². The van der Waals surface area contributed by atoms with Crippen LogP contribution in [0.15, 0.2) is 47.5 Å². The number of anilines is 1. The molecule has 0 aromatic heterocycles. The monoisotopic (exact) mass is 512 g/mol. The molecule has 0 spiro atoms. The van der Waals surface area contributed by atoms with E-state index in [4.69, 9.17) is 9.47 Å². The van der Waals surface area contributed by atoms with Crippen LogP contribution < -0.4 is 19.7 Å². The highest BCUT2D eigenvalue weighted by molar-refractivity contribution is 14.0. The first-order chi connectivity index (χ1) is 13.5. The number of halogens is 1. The lowest BCUT2D eigenvalue weighted by atomic mass is 10.1. The maximum atomic E-state index is 5.39. The molecule has 29 heavy (non-hydrogen) atoms. The van der Waals surface area contributed by atoms with Crippen LogP contribution in [0.2, 0.25) is 0 Å². The van der Waals surface area contributed by atoms with E-state index >= 15 is 0 Å². The molecule has 0 aliphatic carbocycles. The van der Waals surface area contributed by atoms with Gasteiger partial charge in [-0.05, 0) is 41.8 Å². The average Bonchev–Trinajstić information content (AvgIpc) is 2.72. The van der Waals surface area contributed by atoms with Crippen molar-refractivity contribution in [3.63, 3.8) is 0 Å². The molecular weight excluding hydrogens is 479 g/mol. The first-order valence-electron chi connectivity index (χ1n) is 9.37. The second-order valence-electron chi connectivity index (χ2n) is 6.83. The first kappa shape index (κ1) is 24.9. The van der Waals surface area contributed by atoms with Crippen LogP contribution in [0.1, 0.15) is 11.1 Å². The van der Waals surface area contributed by atoms with Gasteiger partial charge in [0.1, 0.15) is 0 Å². The number of benzene rings is 2. The Morgan fingerprint density at radius 1 is 0.966 bits per heavy atom. The molecule has 0 bridgehead atoms. The van der Waals surface area contributed by atoms with Crippen molar-refractivity contribution < 1.29 is 9.47 Å². The van der Waals surface area contributed by atoms with Crippen molar-refractivity contribution in [3.8, 4) is 11.5 Å². The molecule has 0 atom stereocenters. The number of guanidine groups is 1. The Kier molecular flexibility index (Phi) is 10.6. The van der Waals surface area contributed by atoms with Gasteiger partial charge in [0.2, 0.25) is 0 Å². The number of rotatable bonds is 8. The molecule has 0 fully saturated rings. The Balaban J connectivity index is 0.00000420. The van der Waals surface area contributed by atoms with Crippen molar-refractivity contribution in [2.24, 2.45) is 4.99 Å². The van der Waals surface area contributed by atoms with E-state index in [1.54, 1.807) is 14.2 Å². The fraction of sp³-hybridized carbons (Fsp3) is 0.409. The summed E-state index contributed by atoms with van der Waals surface area (Å²) in [5.74, 6) is 2.37. The molecule has 2 aromatic rings. The summed E-state index contributed by atoms with van der Waals surface area (Å²) in [5.41, 5.74) is 3.61. The van der Waals surface area contributed by atoms with Crippen LogP contribution in [0.4, 0.5) is 5.69 Å². The zero-order valence-corrected chi connectivity index (χ0v) is 20.6. The summed E-state index contributed by atoms with van der Waals surface area (Å²) in [6.45, 7) is 1.57. The largest absolute Gasteiger partial charge is 0.493 e. The molecule has 0 heterocycles. The zero-order valence-electron chi connectivity index (χ0n) is 18.2. The van der Waals surface area contributed by atoms with Gasteiger partial charge in [-0.2, -0.15) is 0 Å². The maximum Gasteiger partial charge on any atom is 0.193 e. The molecule has 0 radical (unpaired) electrons. The number of nitrogens with zero attached hydrogens (tertiary/aromatic N) is 3. The summed E-state index contributed by atoms with van der Waals surface area (Å²) in [5, 5.41) is 3.44. The number of hydrogen-bond acceptors (Lipinski definition) is 4. The number of methoxy groups -OCH3 is 2. The van der Waals surface area contributed by atoms with Gasteiger partial charge in [0, 0.05) is 47.0 Å². The van der Waals surface area contributed by atoms with Gasteiger partial charge in [0.05, 0.1) is 14.2 Å². The van der Waals surface area contributed by atoms with Crippen LogP contribution in [-0.2, 0) is 13.0 Å². The van der Waals surface area contributed by atoms with Gasteiger partial charge in [-0.3, -0.25) is 4.99 Å². The van der Waals surface area contributed by atoms with E-state index in [1.807, 2.05) is 40.3 Å². The van der Waals surface area contributed by atoms with Crippen molar-refractivity contribution in [2.75, 3.05) is 53.9 Å². The van der Waals surface area contributed by atoms with Crippen LogP contribution in [0.3, 0.4) is 0 Å². The molecule has 0 amide bonds. The van der Waals surface area contributed by atoms with Crippen LogP contribution in [0.25, 0.3) is 0 Å². The van der Waals surface area contributed by atoms with Gasteiger partial charge in [0.15, 0.2) is 17.5 Å². The quantitative estimate of drug-likeness (QED) is 0.333. The number of likely N-dealkylation sites (N-methyl/N-ethyl adjacent to an activating group) is 1. The third kappa shape index (κ3) is 7.30. The summed E-state index contributed by atoms with van der Waals surface area (Å²) in [6.07, 6.45) is 0.883. The summed E-state index contributed by atoms with van der Waals surface area (Å²) in [4.78, 5) is 8.65. The SMILES string of the molecule is CN=C(NCc1cccc(N(C)C)c1)N(C)CCc1ccc(OC)c(OC)c1.I. The zero-order chi connectivity index (χ0) is 20.5. The van der Waals surface area contributed by atoms with Crippen molar-refractivity contribution in [2.45, 2.75) is 13.0 Å². The minimum atomic E-state index is 0. The van der Waals surface area contributed by atoms with Crippen LogP contribution in [-0.4, -0.2) is 59.8 Å². The predicted octanol–water partition coefficient (Wildman–Crippen LogP) is 3.64. The molecule has 0 saturated carbocycles. The molecule has 7 heteroatoms. The van der Waals surface area contributed by atoms with Gasteiger partial charge in [0.25, 0.3) is 0 Å². The van der Waals surface area contributed by atoms with Crippen LogP contribution in [0, 0.1) is 0 Å². The van der Waals surface area contributed by atoms with E-state index in [9.17, 15) is 0 Å². The topological polar surface area (TPSA) is 49.3 Å². The lowest BCUT2D eigenvalue weighted by Crippen LogP contribution is -2.39. The van der Waals surface area contributed by atoms with Crippen molar-refractivity contribution in [1.82, 2.24) is 10.2 Å². The normalized spacial score (nSPS) is 10.8. The maximum absolute atomic E-state index is 5.39. The first-order valence-corrected chi connectivity index (χ1v) is 9.37. The Labute approximate surface area is 191 Å². The highest BCUT2D eigenvalue weighted by Crippen LogP contribution is 2.27. The van der Waals surface area contributed by atoms with Crippen molar-refractivity contribution in [3.05, 3.63) is 53.6 Å². The number of aliphatic imine (C=N–C) groups is 1. The molecule has 1 N–H and O–H groups in total. The minimum Gasteiger partial charge on any atom is -0.493 e. The summed E-state index contributed by atoms with van der Waals surface area (Å²) in [7, 11) is 11.3. The minimum absolute atomic E-state index is 0. The number of ether oxygens (including phenoxy) is 2. The van der Waals surface area contributed by atoms with Gasteiger partial charge in [-0.25, -0.2) is 0 Å². The van der Waals surface area contributed by atoms with Gasteiger partial charge >= 0.3 is 0 Å². The van der Waals surface area contributed by atoms with Crippen LogP contribution in [0.5, 0.6) is 11.5 Å². The lowest BCUT2D eigenvalue weighted by molar-refractivity contribution is 0.354. The van der Waals surface area contributed by atoms with Crippen molar-refractivity contribution >= 4 is 35.6 Å². The molecule has 0 saturated heterocycles. The fourth-order valence-corrected chi connectivity index (χ4v) is 2.95. The Hall–Kier alpha value is -2.16. The summed E-state index contributed by atoms with van der Waals surface area (Å²) in [6, 6.07) is 14.5. The van der Waals surface area contributed by atoms with Gasteiger partial charge < -0.3 is 24.6 Å². The lowest BCUT2D eigenvalue weighted by Gasteiger charge is -2.22. The molecule has 2 rings (SSSR count). The Morgan fingerprint density at radius 3 is 2.31 bits per heavy atom. The third-order valence-electron chi connectivity index (χ3n) is 4.63. The van der Waals surface area contributed by atoms with E-state index in [-0.39, 0.29) is 24.0 Å². The van der Waals surface area contributed by atoms with Gasteiger partial charge in [-0.15, -0.1) is 24.0 Å². The molecule has 6 nitrogen and oxygen atoms in total. The highest BCUT2D eigenvalue weighted by Gasteiger charge is 2.09. The van der Waals surface area contributed by atoms with Crippen molar-refractivity contribution in [1.29, 1.82) is 0 Å². The van der Waals surface area contributed by atoms with Crippen LogP contribution >= 0.6 is 24.0 Å². The molecule has 0 aliphatic rings. The molecule has 2 aromatic carbocycles.